The van der Waals surface area contributed by atoms with Crippen molar-refractivity contribution in [2.24, 2.45) is 0 Å². The van der Waals surface area contributed by atoms with Crippen molar-refractivity contribution in [2.75, 3.05) is 6.61 Å². The number of para-hydroxylation sites is 1. The topological polar surface area (TPSA) is 129 Å². The number of benzene rings is 2. The monoisotopic (exact) mass is 419 g/mol. The summed E-state index contributed by atoms with van der Waals surface area (Å²) in [5.41, 5.74) is 3.63. The van der Waals surface area contributed by atoms with Gasteiger partial charge in [0.25, 0.3) is 0 Å². The molecule has 0 bridgehead atoms. The number of pyridine rings is 1. The zero-order valence-electron chi connectivity index (χ0n) is 16.5. The molecule has 2 aromatic heterocycles. The Morgan fingerprint density at radius 1 is 1.03 bits per heavy atom. The first kappa shape index (κ1) is 20.5. The largest absolute Gasteiger partial charge is 0.465 e. The molecule has 0 fully saturated rings. The molecule has 1 amide bonds. The molecule has 8 nitrogen and oxygen atoms in total. The normalized spacial score (nSPS) is 13.1. The lowest BCUT2D eigenvalue weighted by molar-refractivity contribution is 0.0921. The van der Waals surface area contributed by atoms with Gasteiger partial charge in [0.2, 0.25) is 0 Å². The zero-order valence-corrected chi connectivity index (χ0v) is 16.5. The zero-order chi connectivity index (χ0) is 21.8. The number of carboxylic acid groups (broad SMARTS) is 1. The summed E-state index contributed by atoms with van der Waals surface area (Å²) in [5.74, 6) is 0. The van der Waals surface area contributed by atoms with Gasteiger partial charge in [-0.05, 0) is 29.8 Å². The fourth-order valence-corrected chi connectivity index (χ4v) is 3.58. The Labute approximate surface area is 177 Å². The Morgan fingerprint density at radius 2 is 1.81 bits per heavy atom. The van der Waals surface area contributed by atoms with E-state index in [1.54, 1.807) is 18.2 Å². The lowest BCUT2D eigenvalue weighted by Crippen LogP contribution is -2.29. The molecule has 2 heterocycles. The fourth-order valence-electron chi connectivity index (χ4n) is 3.58. The van der Waals surface area contributed by atoms with Gasteiger partial charge in [0.05, 0.1) is 18.3 Å². The van der Waals surface area contributed by atoms with E-state index in [0.717, 1.165) is 16.5 Å². The molecule has 4 rings (SSSR count). The van der Waals surface area contributed by atoms with Crippen LogP contribution in [0.15, 0.2) is 71.3 Å². The second kappa shape index (κ2) is 8.95. The van der Waals surface area contributed by atoms with Gasteiger partial charge in [-0.2, -0.15) is 0 Å². The Hall–Kier alpha value is -3.75. The van der Waals surface area contributed by atoms with E-state index >= 15 is 0 Å². The highest BCUT2D eigenvalue weighted by Crippen LogP contribution is 2.34. The fraction of sp³-hybridized carbons (Fsp3) is 0.174. The van der Waals surface area contributed by atoms with Crippen molar-refractivity contribution in [1.82, 2.24) is 15.5 Å². The van der Waals surface area contributed by atoms with E-state index in [2.05, 4.69) is 15.5 Å². The molecule has 1 unspecified atom stereocenters. The molecule has 0 saturated carbocycles. The second-order valence-corrected chi connectivity index (χ2v) is 7.07. The Bertz CT molecular complexity index is 1210. The van der Waals surface area contributed by atoms with Crippen molar-refractivity contribution >= 4 is 17.1 Å². The van der Waals surface area contributed by atoms with E-state index in [4.69, 9.17) is 4.52 Å². The van der Waals surface area contributed by atoms with Crippen molar-refractivity contribution < 1.29 is 24.6 Å². The maximum Gasteiger partial charge on any atom is 0.405 e. The third-order valence-electron chi connectivity index (χ3n) is 5.02. The van der Waals surface area contributed by atoms with Crippen LogP contribution in [0.25, 0.3) is 22.2 Å². The SMILES string of the molecule is O=C(O)N[C@@H](Cc1cccc(C(O)CO)n1)c1ccccc1-c1noc2ccccc12. The van der Waals surface area contributed by atoms with Crippen LogP contribution >= 0.6 is 0 Å². The first-order valence-corrected chi connectivity index (χ1v) is 9.74. The van der Waals surface area contributed by atoms with Gasteiger partial charge in [-0.15, -0.1) is 0 Å². The molecular weight excluding hydrogens is 398 g/mol. The minimum Gasteiger partial charge on any atom is -0.465 e. The molecule has 0 aliphatic rings. The first-order chi connectivity index (χ1) is 15.1. The summed E-state index contributed by atoms with van der Waals surface area (Å²) in [6.07, 6.45) is -2.03. The van der Waals surface area contributed by atoms with Crippen LogP contribution in [-0.2, 0) is 6.42 Å². The average molecular weight is 419 g/mol. The minimum atomic E-state index is -1.17. The number of fused-ring (bicyclic) bond motifs is 1. The van der Waals surface area contributed by atoms with Gasteiger partial charge in [-0.25, -0.2) is 4.79 Å². The van der Waals surface area contributed by atoms with E-state index in [-0.39, 0.29) is 6.42 Å². The highest BCUT2D eigenvalue weighted by atomic mass is 16.5. The summed E-state index contributed by atoms with van der Waals surface area (Å²) in [4.78, 5) is 15.9. The molecule has 158 valence electrons. The molecule has 8 heteroatoms. The van der Waals surface area contributed by atoms with Crippen LogP contribution in [0.3, 0.4) is 0 Å². The lowest BCUT2D eigenvalue weighted by atomic mass is 9.93. The summed E-state index contributed by atoms with van der Waals surface area (Å²) < 4.78 is 5.44. The Kier molecular flexibility index (Phi) is 5.92. The quantitative estimate of drug-likeness (QED) is 0.361. The van der Waals surface area contributed by atoms with Gasteiger partial charge in [0, 0.05) is 23.1 Å². The summed E-state index contributed by atoms with van der Waals surface area (Å²) in [5, 5.41) is 36.1. The van der Waals surface area contributed by atoms with Crippen molar-refractivity contribution in [2.45, 2.75) is 18.6 Å². The number of aliphatic hydroxyl groups is 2. The summed E-state index contributed by atoms with van der Waals surface area (Å²) >= 11 is 0. The van der Waals surface area contributed by atoms with Crippen molar-refractivity contribution in [3.8, 4) is 11.3 Å². The van der Waals surface area contributed by atoms with Crippen LogP contribution in [-0.4, -0.2) is 38.2 Å². The predicted molar refractivity (Wildman–Crippen MR) is 113 cm³/mol. The number of carbonyl (C=O) groups is 1. The number of aromatic nitrogens is 2. The molecule has 2 aromatic carbocycles. The molecule has 0 aliphatic heterocycles. The molecule has 4 aromatic rings. The van der Waals surface area contributed by atoms with Crippen molar-refractivity contribution in [1.29, 1.82) is 0 Å². The summed E-state index contributed by atoms with van der Waals surface area (Å²) in [7, 11) is 0. The predicted octanol–water partition coefficient (Wildman–Crippen LogP) is 3.47. The maximum absolute atomic E-state index is 11.6. The van der Waals surface area contributed by atoms with Gasteiger partial charge >= 0.3 is 6.09 Å². The Balaban J connectivity index is 1.75. The lowest BCUT2D eigenvalue weighted by Gasteiger charge is -2.20. The molecular formula is C23H21N3O5. The number of amides is 1. The second-order valence-electron chi connectivity index (χ2n) is 7.07. The minimum absolute atomic E-state index is 0.241. The van der Waals surface area contributed by atoms with Crippen LogP contribution in [0.2, 0.25) is 0 Å². The van der Waals surface area contributed by atoms with Crippen molar-refractivity contribution in [3.63, 3.8) is 0 Å². The number of aliphatic hydroxyl groups excluding tert-OH is 2. The van der Waals surface area contributed by atoms with E-state index in [9.17, 15) is 20.1 Å². The number of nitrogens with one attached hydrogen (secondary N) is 1. The molecule has 4 N–H and O–H groups in total. The Morgan fingerprint density at radius 3 is 2.61 bits per heavy atom. The molecule has 31 heavy (non-hydrogen) atoms. The summed E-state index contributed by atoms with van der Waals surface area (Å²) in [6.45, 7) is -0.449. The van der Waals surface area contributed by atoms with Crippen LogP contribution in [0.4, 0.5) is 4.79 Å². The van der Waals surface area contributed by atoms with Crippen molar-refractivity contribution in [3.05, 3.63) is 83.7 Å². The molecule has 2 atom stereocenters. The van der Waals surface area contributed by atoms with Crippen LogP contribution in [0.1, 0.15) is 29.1 Å². The van der Waals surface area contributed by atoms with Crippen LogP contribution in [0.5, 0.6) is 0 Å². The number of hydrogen-bond acceptors (Lipinski definition) is 6. The van der Waals surface area contributed by atoms with E-state index < -0.39 is 24.8 Å². The van der Waals surface area contributed by atoms with Gasteiger partial charge in [0.15, 0.2) is 5.58 Å². The van der Waals surface area contributed by atoms with E-state index in [1.165, 1.54) is 0 Å². The average Bonchev–Trinajstić information content (AvgIpc) is 3.22. The van der Waals surface area contributed by atoms with Gasteiger partial charge in [0.1, 0.15) is 11.8 Å². The highest BCUT2D eigenvalue weighted by molar-refractivity contribution is 5.92. The number of rotatable bonds is 7. The highest BCUT2D eigenvalue weighted by Gasteiger charge is 2.22. The van der Waals surface area contributed by atoms with Gasteiger partial charge in [-0.1, -0.05) is 47.6 Å². The van der Waals surface area contributed by atoms with E-state index in [0.29, 0.717) is 22.7 Å². The maximum atomic E-state index is 11.6. The summed E-state index contributed by atoms with van der Waals surface area (Å²) in [6, 6.07) is 19.3. The number of hydrogen-bond donors (Lipinski definition) is 4. The van der Waals surface area contributed by atoms with Gasteiger partial charge < -0.3 is 25.2 Å². The number of nitrogens with zero attached hydrogens (tertiary/aromatic N) is 2. The third-order valence-corrected chi connectivity index (χ3v) is 5.02. The van der Waals surface area contributed by atoms with E-state index in [1.807, 2.05) is 48.5 Å². The van der Waals surface area contributed by atoms with Gasteiger partial charge in [-0.3, -0.25) is 4.98 Å². The standard InChI is InChI=1S/C23H21N3O5/c27-13-20(28)18-10-5-6-14(24-18)12-19(25-23(29)30)15-7-1-2-8-16(15)22-17-9-3-4-11-21(17)31-26-22/h1-11,19-20,25,27-28H,12-13H2,(H,29,30)/t19-,20?/m0/s1. The first-order valence-electron chi connectivity index (χ1n) is 9.74. The smallest absolute Gasteiger partial charge is 0.405 e. The molecule has 0 spiro atoms. The molecule has 0 radical (unpaired) electrons. The third kappa shape index (κ3) is 4.40. The molecule has 0 aliphatic carbocycles. The molecule has 0 saturated heterocycles. The van der Waals surface area contributed by atoms with Crippen LogP contribution < -0.4 is 5.32 Å². The van der Waals surface area contributed by atoms with Crippen LogP contribution in [0, 0.1) is 0 Å².